The highest BCUT2D eigenvalue weighted by molar-refractivity contribution is 6.30. The maximum absolute atomic E-state index is 12.9. The Morgan fingerprint density at radius 1 is 0.939 bits per heavy atom. The van der Waals surface area contributed by atoms with E-state index >= 15 is 0 Å². The fourth-order valence-electron chi connectivity index (χ4n) is 2.96. The third-order valence-corrected chi connectivity index (χ3v) is 4.84. The highest BCUT2D eigenvalue weighted by Crippen LogP contribution is 2.34. The number of hydrogen-bond acceptors (Lipinski definition) is 3. The van der Waals surface area contributed by atoms with Crippen LogP contribution in [-0.2, 0) is 28.4 Å². The number of piperidine rings is 1. The fourth-order valence-corrected chi connectivity index (χ4v) is 3.15. The van der Waals surface area contributed by atoms with Crippen LogP contribution in [0.3, 0.4) is 0 Å². The lowest BCUT2D eigenvalue weighted by Gasteiger charge is -2.27. The quantitative estimate of drug-likeness (QED) is 0.324. The van der Waals surface area contributed by atoms with Gasteiger partial charge in [0.25, 0.3) is 0 Å². The largest absolute Gasteiger partial charge is 0.469 e. The molecule has 3 nitrogen and oxygen atoms in total. The molecular formula is C23H26ClF6NO2. The van der Waals surface area contributed by atoms with Gasteiger partial charge in [0.1, 0.15) is 0 Å². The molecule has 0 unspecified atom stereocenters. The minimum atomic E-state index is -4.31. The van der Waals surface area contributed by atoms with Crippen LogP contribution < -0.4 is 0 Å². The zero-order valence-electron chi connectivity index (χ0n) is 18.3. The minimum absolute atomic E-state index is 0.245. The van der Waals surface area contributed by atoms with E-state index < -0.39 is 23.5 Å². The Balaban J connectivity index is 0.000000304. The van der Waals surface area contributed by atoms with Crippen molar-refractivity contribution in [2.24, 2.45) is 0 Å². The summed E-state index contributed by atoms with van der Waals surface area (Å²) in [4.78, 5) is 11.7. The van der Waals surface area contributed by atoms with Gasteiger partial charge in [0.15, 0.2) is 0 Å². The van der Waals surface area contributed by atoms with Gasteiger partial charge in [-0.05, 0) is 49.7 Å². The molecule has 2 aromatic rings. The zero-order chi connectivity index (χ0) is 25.1. The van der Waals surface area contributed by atoms with Crippen molar-refractivity contribution in [2.45, 2.75) is 45.1 Å². The summed E-state index contributed by atoms with van der Waals surface area (Å²) >= 11 is 5.80. The molecule has 3 rings (SSSR count). The first-order chi connectivity index (χ1) is 15.3. The molecule has 0 aliphatic carbocycles. The maximum Gasteiger partial charge on any atom is 0.416 e. The van der Waals surface area contributed by atoms with E-state index in [0.717, 1.165) is 50.6 Å². The number of carbonyl (C=O) groups excluding carboxylic acids is 1. The highest BCUT2D eigenvalue weighted by Gasteiger charge is 2.33. The number of esters is 1. The predicted octanol–water partition coefficient (Wildman–Crippen LogP) is 7.23. The summed E-state index contributed by atoms with van der Waals surface area (Å²) in [5.74, 6) is -0.245. The number of nitrogens with zero attached hydrogens (tertiary/aromatic N) is 1. The molecule has 1 saturated heterocycles. The predicted molar refractivity (Wildman–Crippen MR) is 115 cm³/mol. The Morgan fingerprint density at radius 3 is 1.91 bits per heavy atom. The van der Waals surface area contributed by atoms with E-state index in [1.165, 1.54) is 38.3 Å². The lowest BCUT2D eigenvalue weighted by molar-refractivity contribution is -0.139. The van der Waals surface area contributed by atoms with Gasteiger partial charge in [0.2, 0.25) is 0 Å². The number of benzene rings is 2. The van der Waals surface area contributed by atoms with E-state index in [-0.39, 0.29) is 11.5 Å². The number of ether oxygens (including phenoxy) is 1. The Hall–Kier alpha value is -2.26. The van der Waals surface area contributed by atoms with Gasteiger partial charge < -0.3 is 4.74 Å². The topological polar surface area (TPSA) is 29.5 Å². The molecule has 1 fully saturated rings. The van der Waals surface area contributed by atoms with Gasteiger partial charge in [-0.3, -0.25) is 9.69 Å². The molecule has 0 spiro atoms. The molecule has 0 saturated carbocycles. The average Bonchev–Trinajstić information content (AvgIpc) is 2.74. The Labute approximate surface area is 194 Å². The van der Waals surface area contributed by atoms with Crippen molar-refractivity contribution in [1.82, 2.24) is 4.90 Å². The van der Waals surface area contributed by atoms with Crippen LogP contribution in [0.1, 0.15) is 42.9 Å². The van der Waals surface area contributed by atoms with Crippen LogP contribution >= 0.6 is 11.6 Å². The van der Waals surface area contributed by atoms with E-state index in [9.17, 15) is 31.1 Å². The third-order valence-electron chi connectivity index (χ3n) is 4.60. The van der Waals surface area contributed by atoms with Crippen molar-refractivity contribution in [3.05, 3.63) is 70.2 Å². The number of halogens is 7. The van der Waals surface area contributed by atoms with E-state index in [1.807, 2.05) is 0 Å². The number of methoxy groups -OCH3 is 1. The summed E-state index contributed by atoms with van der Waals surface area (Å²) in [6.45, 7) is 3.42. The highest BCUT2D eigenvalue weighted by atomic mass is 35.5. The SMILES string of the molecule is COC(C)=O.FC(F)(F)c1ccc(Cl)cc1CN1CCCCC1.FC(F)(F)c1ccccc1. The molecule has 184 valence electrons. The maximum atomic E-state index is 12.9. The fraction of sp³-hybridized carbons (Fsp3) is 0.435. The summed E-state index contributed by atoms with van der Waals surface area (Å²) in [6.07, 6.45) is -5.24. The average molecular weight is 498 g/mol. The number of rotatable bonds is 2. The van der Waals surface area contributed by atoms with E-state index in [0.29, 0.717) is 11.6 Å². The van der Waals surface area contributed by atoms with Crippen LogP contribution in [0.15, 0.2) is 48.5 Å². The standard InChI is InChI=1S/C13H15ClF3N.C7H5F3.C3H6O2/c14-11-4-5-12(13(15,16)17)10(8-11)9-18-6-2-1-3-7-18;8-7(9,10)6-4-2-1-3-5-6;1-3(4)5-2/h4-5,8H,1-3,6-7,9H2;1-5H;1-2H3. The second kappa shape index (κ2) is 13.4. The van der Waals surface area contributed by atoms with Crippen molar-refractivity contribution in [3.8, 4) is 0 Å². The van der Waals surface area contributed by atoms with Crippen LogP contribution in [-0.4, -0.2) is 31.1 Å². The molecule has 0 bridgehead atoms. The molecule has 1 aliphatic rings. The van der Waals surface area contributed by atoms with Crippen LogP contribution in [0.2, 0.25) is 5.02 Å². The zero-order valence-corrected chi connectivity index (χ0v) is 19.0. The van der Waals surface area contributed by atoms with E-state index in [1.54, 1.807) is 6.07 Å². The lowest BCUT2D eigenvalue weighted by atomic mass is 10.0. The van der Waals surface area contributed by atoms with Gasteiger partial charge in [0.05, 0.1) is 18.2 Å². The van der Waals surface area contributed by atoms with Gasteiger partial charge >= 0.3 is 18.3 Å². The molecule has 33 heavy (non-hydrogen) atoms. The first-order valence-electron chi connectivity index (χ1n) is 10.1. The van der Waals surface area contributed by atoms with Crippen molar-refractivity contribution < 1.29 is 35.9 Å². The minimum Gasteiger partial charge on any atom is -0.469 e. The number of likely N-dealkylation sites (tertiary alicyclic amines) is 1. The van der Waals surface area contributed by atoms with Gasteiger partial charge in [-0.2, -0.15) is 26.3 Å². The first-order valence-corrected chi connectivity index (χ1v) is 10.5. The summed E-state index contributed by atoms with van der Waals surface area (Å²) < 4.78 is 78.1. The Bertz CT molecular complexity index is 850. The van der Waals surface area contributed by atoms with Crippen molar-refractivity contribution >= 4 is 17.6 Å². The van der Waals surface area contributed by atoms with Crippen LogP contribution in [0.5, 0.6) is 0 Å². The number of alkyl halides is 6. The number of carbonyl (C=O) groups is 1. The summed E-state index contributed by atoms with van der Waals surface area (Å²) in [7, 11) is 1.35. The van der Waals surface area contributed by atoms with E-state index in [2.05, 4.69) is 9.64 Å². The van der Waals surface area contributed by atoms with Gasteiger partial charge in [-0.15, -0.1) is 0 Å². The normalized spacial score (nSPS) is 14.3. The van der Waals surface area contributed by atoms with Crippen LogP contribution in [0.4, 0.5) is 26.3 Å². The Morgan fingerprint density at radius 2 is 1.48 bits per heavy atom. The second-order valence-corrected chi connectivity index (χ2v) is 7.63. The van der Waals surface area contributed by atoms with E-state index in [4.69, 9.17) is 11.6 Å². The van der Waals surface area contributed by atoms with Crippen molar-refractivity contribution in [1.29, 1.82) is 0 Å². The molecule has 1 aliphatic heterocycles. The van der Waals surface area contributed by atoms with Crippen molar-refractivity contribution in [3.63, 3.8) is 0 Å². The summed E-state index contributed by atoms with van der Waals surface area (Å²) in [5, 5.41) is 0.356. The van der Waals surface area contributed by atoms with Gasteiger partial charge in [0, 0.05) is 18.5 Å². The molecule has 10 heteroatoms. The third kappa shape index (κ3) is 11.4. The van der Waals surface area contributed by atoms with Crippen LogP contribution in [0.25, 0.3) is 0 Å². The van der Waals surface area contributed by atoms with Crippen LogP contribution in [0, 0.1) is 0 Å². The van der Waals surface area contributed by atoms with Gasteiger partial charge in [-0.25, -0.2) is 0 Å². The molecular weight excluding hydrogens is 472 g/mol. The Kier molecular flexibility index (Phi) is 11.7. The smallest absolute Gasteiger partial charge is 0.416 e. The molecule has 0 radical (unpaired) electrons. The molecule has 1 heterocycles. The van der Waals surface area contributed by atoms with Gasteiger partial charge in [-0.1, -0.05) is 48.4 Å². The molecule has 0 aromatic heterocycles. The first kappa shape index (κ1) is 28.8. The molecule has 0 amide bonds. The second-order valence-electron chi connectivity index (χ2n) is 7.20. The number of hydrogen-bond donors (Lipinski definition) is 0. The molecule has 0 N–H and O–H groups in total. The monoisotopic (exact) mass is 497 g/mol. The lowest BCUT2D eigenvalue weighted by Crippen LogP contribution is -2.30. The molecule has 0 atom stereocenters. The summed E-state index contributed by atoms with van der Waals surface area (Å²) in [5.41, 5.74) is -0.899. The van der Waals surface area contributed by atoms with Crippen molar-refractivity contribution in [2.75, 3.05) is 20.2 Å². The summed E-state index contributed by atoms with van der Waals surface area (Å²) in [6, 6.07) is 10.2. The molecule has 2 aromatic carbocycles.